The number of halogens is 2. The zero-order valence-corrected chi connectivity index (χ0v) is 18.0. The van der Waals surface area contributed by atoms with Gasteiger partial charge in [0.1, 0.15) is 17.3 Å². The summed E-state index contributed by atoms with van der Waals surface area (Å²) in [6.45, 7) is 1.77. The second-order valence-electron chi connectivity index (χ2n) is 7.10. The highest BCUT2D eigenvalue weighted by Crippen LogP contribution is 2.29. The Morgan fingerprint density at radius 2 is 1.87 bits per heavy atom. The van der Waals surface area contributed by atoms with Gasteiger partial charge in [-0.15, -0.1) is 11.8 Å². The maximum absolute atomic E-state index is 13.8. The first-order valence-electron chi connectivity index (χ1n) is 9.81. The van der Waals surface area contributed by atoms with Crippen molar-refractivity contribution in [2.45, 2.75) is 18.2 Å². The van der Waals surface area contributed by atoms with Crippen molar-refractivity contribution in [1.29, 1.82) is 0 Å². The Bertz CT molecular complexity index is 981. The summed E-state index contributed by atoms with van der Waals surface area (Å²) in [5.74, 6) is -3.61. The van der Waals surface area contributed by atoms with E-state index in [4.69, 9.17) is 0 Å². The van der Waals surface area contributed by atoms with Gasteiger partial charge in [-0.25, -0.2) is 8.78 Å². The SMILES string of the molecule is CCN(CC(=O)Nc1c(F)cccc1F)C(=O)[C@@H]1CC(=O)N(c2cccc(SC)c2)C1. The van der Waals surface area contributed by atoms with Gasteiger partial charge in [0.2, 0.25) is 17.7 Å². The van der Waals surface area contributed by atoms with Crippen molar-refractivity contribution in [3.8, 4) is 0 Å². The number of nitrogens with one attached hydrogen (secondary N) is 1. The molecule has 2 aromatic carbocycles. The van der Waals surface area contributed by atoms with Crippen LogP contribution in [0, 0.1) is 17.6 Å². The number of hydrogen-bond donors (Lipinski definition) is 1. The molecule has 1 aliphatic heterocycles. The average molecular weight is 448 g/mol. The van der Waals surface area contributed by atoms with Crippen LogP contribution < -0.4 is 10.2 Å². The van der Waals surface area contributed by atoms with E-state index >= 15 is 0 Å². The molecule has 0 bridgehead atoms. The number of nitrogens with zero attached hydrogens (tertiary/aromatic N) is 2. The number of likely N-dealkylation sites (N-methyl/N-ethyl adjacent to an activating group) is 1. The van der Waals surface area contributed by atoms with Crippen LogP contribution in [-0.4, -0.2) is 48.5 Å². The van der Waals surface area contributed by atoms with Gasteiger partial charge in [-0.3, -0.25) is 14.4 Å². The molecule has 1 N–H and O–H groups in total. The number of hydrogen-bond acceptors (Lipinski definition) is 4. The Kier molecular flexibility index (Phi) is 7.27. The van der Waals surface area contributed by atoms with Gasteiger partial charge in [-0.2, -0.15) is 0 Å². The van der Waals surface area contributed by atoms with Crippen molar-refractivity contribution in [1.82, 2.24) is 4.90 Å². The fraction of sp³-hybridized carbons (Fsp3) is 0.318. The van der Waals surface area contributed by atoms with Crippen molar-refractivity contribution in [3.63, 3.8) is 0 Å². The first-order valence-corrected chi connectivity index (χ1v) is 11.0. The Hall–Kier alpha value is -2.94. The van der Waals surface area contributed by atoms with E-state index in [2.05, 4.69) is 5.32 Å². The molecule has 1 aliphatic rings. The van der Waals surface area contributed by atoms with Gasteiger partial charge in [0.25, 0.3) is 0 Å². The lowest BCUT2D eigenvalue weighted by molar-refractivity contribution is -0.138. The zero-order chi connectivity index (χ0) is 22.5. The van der Waals surface area contributed by atoms with Crippen LogP contribution in [0.4, 0.5) is 20.2 Å². The number of anilines is 2. The average Bonchev–Trinajstić information content (AvgIpc) is 3.16. The molecule has 6 nitrogen and oxygen atoms in total. The van der Waals surface area contributed by atoms with Crippen LogP contribution in [0.25, 0.3) is 0 Å². The van der Waals surface area contributed by atoms with Crippen molar-refractivity contribution in [2.75, 3.05) is 36.1 Å². The summed E-state index contributed by atoms with van der Waals surface area (Å²) in [5.41, 5.74) is 0.176. The minimum absolute atomic E-state index is 0.0440. The summed E-state index contributed by atoms with van der Waals surface area (Å²) in [7, 11) is 0. The number of carbonyl (C=O) groups excluding carboxylic acids is 3. The normalized spacial score (nSPS) is 15.8. The molecule has 164 valence electrons. The monoisotopic (exact) mass is 447 g/mol. The summed E-state index contributed by atoms with van der Waals surface area (Å²) in [5, 5.41) is 2.18. The molecular formula is C22H23F2N3O3S. The molecule has 0 unspecified atom stereocenters. The van der Waals surface area contributed by atoms with Crippen molar-refractivity contribution in [3.05, 3.63) is 54.1 Å². The predicted molar refractivity (Wildman–Crippen MR) is 116 cm³/mol. The Morgan fingerprint density at radius 1 is 1.19 bits per heavy atom. The van der Waals surface area contributed by atoms with Crippen LogP contribution in [0.2, 0.25) is 0 Å². The lowest BCUT2D eigenvalue weighted by Crippen LogP contribution is -2.42. The number of carbonyl (C=O) groups is 3. The molecule has 2 aromatic rings. The van der Waals surface area contributed by atoms with Gasteiger partial charge in [-0.1, -0.05) is 12.1 Å². The summed E-state index contributed by atoms with van der Waals surface area (Å²) >= 11 is 1.56. The van der Waals surface area contributed by atoms with Crippen LogP contribution in [0.5, 0.6) is 0 Å². The Balaban J connectivity index is 1.66. The standard InChI is InChI=1S/C22H23F2N3O3S/c1-3-26(13-19(28)25-21-17(23)8-5-9-18(21)24)22(30)14-10-20(29)27(12-14)15-6-4-7-16(11-15)31-2/h4-9,11,14H,3,10,12-13H2,1-2H3,(H,25,28)/t14-/m1/s1. The predicted octanol–water partition coefficient (Wildman–Crippen LogP) is 3.53. The summed E-state index contributed by atoms with van der Waals surface area (Å²) < 4.78 is 27.5. The second kappa shape index (κ2) is 9.91. The first-order chi connectivity index (χ1) is 14.8. The van der Waals surface area contributed by atoms with Gasteiger partial charge in [0.15, 0.2) is 0 Å². The molecule has 1 fully saturated rings. The van der Waals surface area contributed by atoms with E-state index in [-0.39, 0.29) is 37.9 Å². The summed E-state index contributed by atoms with van der Waals surface area (Å²) in [6, 6.07) is 10.8. The minimum Gasteiger partial charge on any atom is -0.333 e. The smallest absolute Gasteiger partial charge is 0.244 e. The number of para-hydroxylation sites is 1. The van der Waals surface area contributed by atoms with E-state index in [1.807, 2.05) is 30.5 Å². The zero-order valence-electron chi connectivity index (χ0n) is 17.2. The molecule has 1 heterocycles. The highest BCUT2D eigenvalue weighted by Gasteiger charge is 2.37. The van der Waals surface area contributed by atoms with Gasteiger partial charge in [-0.05, 0) is 43.5 Å². The highest BCUT2D eigenvalue weighted by molar-refractivity contribution is 7.98. The van der Waals surface area contributed by atoms with Crippen LogP contribution >= 0.6 is 11.8 Å². The largest absolute Gasteiger partial charge is 0.333 e. The van der Waals surface area contributed by atoms with Gasteiger partial charge in [0, 0.05) is 30.1 Å². The van der Waals surface area contributed by atoms with Gasteiger partial charge < -0.3 is 15.1 Å². The molecule has 0 aliphatic carbocycles. The molecule has 31 heavy (non-hydrogen) atoms. The molecule has 0 aromatic heterocycles. The maximum Gasteiger partial charge on any atom is 0.244 e. The lowest BCUT2D eigenvalue weighted by Gasteiger charge is -2.24. The molecular weight excluding hydrogens is 424 g/mol. The molecule has 0 saturated carbocycles. The summed E-state index contributed by atoms with van der Waals surface area (Å²) in [6.07, 6.45) is 1.98. The maximum atomic E-state index is 13.8. The highest BCUT2D eigenvalue weighted by atomic mass is 32.2. The van der Waals surface area contributed by atoms with Crippen molar-refractivity contribution in [2.24, 2.45) is 5.92 Å². The van der Waals surface area contributed by atoms with Crippen molar-refractivity contribution >= 4 is 40.9 Å². The number of thioether (sulfide) groups is 1. The Morgan fingerprint density at radius 3 is 2.52 bits per heavy atom. The molecule has 1 atom stereocenters. The third kappa shape index (κ3) is 5.22. The lowest BCUT2D eigenvalue weighted by atomic mass is 10.1. The van der Waals surface area contributed by atoms with E-state index in [0.717, 1.165) is 22.7 Å². The second-order valence-corrected chi connectivity index (χ2v) is 7.98. The minimum atomic E-state index is -0.896. The van der Waals surface area contributed by atoms with Crippen LogP contribution in [0.3, 0.4) is 0 Å². The fourth-order valence-electron chi connectivity index (χ4n) is 3.47. The van der Waals surface area contributed by atoms with E-state index in [1.165, 1.54) is 11.0 Å². The van der Waals surface area contributed by atoms with Crippen LogP contribution in [-0.2, 0) is 14.4 Å². The van der Waals surface area contributed by atoms with Crippen LogP contribution in [0.1, 0.15) is 13.3 Å². The summed E-state index contributed by atoms with van der Waals surface area (Å²) in [4.78, 5) is 41.7. The third-order valence-corrected chi connectivity index (χ3v) is 5.82. The third-order valence-electron chi connectivity index (χ3n) is 5.09. The number of rotatable bonds is 7. The number of benzene rings is 2. The fourth-order valence-corrected chi connectivity index (χ4v) is 3.93. The number of amides is 3. The molecule has 9 heteroatoms. The topological polar surface area (TPSA) is 69.7 Å². The quantitative estimate of drug-likeness (QED) is 0.660. The van der Waals surface area contributed by atoms with Gasteiger partial charge in [0.05, 0.1) is 12.5 Å². The molecule has 3 amide bonds. The molecule has 1 saturated heterocycles. The molecule has 0 radical (unpaired) electrons. The molecule has 0 spiro atoms. The van der Waals surface area contributed by atoms with E-state index in [1.54, 1.807) is 23.6 Å². The molecule has 3 rings (SSSR count). The van der Waals surface area contributed by atoms with Gasteiger partial charge >= 0.3 is 0 Å². The van der Waals surface area contributed by atoms with E-state index in [0.29, 0.717) is 0 Å². The van der Waals surface area contributed by atoms with Crippen molar-refractivity contribution < 1.29 is 23.2 Å². The van der Waals surface area contributed by atoms with E-state index < -0.39 is 29.1 Å². The Labute approximate surface area is 183 Å². The van der Waals surface area contributed by atoms with Crippen LogP contribution in [0.15, 0.2) is 47.4 Å². The first kappa shape index (κ1) is 22.7. The van der Waals surface area contributed by atoms with E-state index in [9.17, 15) is 23.2 Å².